The predicted molar refractivity (Wildman–Crippen MR) is 92.5 cm³/mol. The van der Waals surface area contributed by atoms with Gasteiger partial charge >= 0.3 is 6.16 Å². The quantitative estimate of drug-likeness (QED) is 0.540. The maximum Gasteiger partial charge on any atom is 0.508 e. The maximum absolute atomic E-state index is 11.6. The zero-order valence-electron chi connectivity index (χ0n) is 14.0. The molecule has 0 N–H and O–H groups in total. The molecule has 0 atom stereocenters. The summed E-state index contributed by atoms with van der Waals surface area (Å²) in [4.78, 5) is 13.9. The highest BCUT2D eigenvalue weighted by molar-refractivity contribution is 5.83. The lowest BCUT2D eigenvalue weighted by Crippen LogP contribution is -2.25. The monoisotopic (exact) mass is 315 g/mol. The Morgan fingerprint density at radius 1 is 1.00 bits per heavy atom. The number of ether oxygens (including phenoxy) is 2. The summed E-state index contributed by atoms with van der Waals surface area (Å²) in [6.45, 7) is 7.86. The third kappa shape index (κ3) is 5.57. The molecule has 0 saturated carbocycles. The molecule has 4 heteroatoms. The molecule has 0 aromatic heterocycles. The molecule has 4 nitrogen and oxygen atoms in total. The molecular formula is C19H25NO3. The van der Waals surface area contributed by atoms with Gasteiger partial charge in [0.2, 0.25) is 0 Å². The molecule has 2 rings (SSSR count). The predicted octanol–water partition coefficient (Wildman–Crippen LogP) is 4.22. The molecule has 2 aromatic carbocycles. The molecule has 0 saturated heterocycles. The molecular weight excluding hydrogens is 290 g/mol. The molecule has 0 aliphatic carbocycles. The summed E-state index contributed by atoms with van der Waals surface area (Å²) in [5, 5.41) is 2.32. The Kier molecular flexibility index (Phi) is 6.88. The van der Waals surface area contributed by atoms with Crippen LogP contribution in [0.25, 0.3) is 10.8 Å². The second-order valence-corrected chi connectivity index (χ2v) is 5.45. The second kappa shape index (κ2) is 9.16. The second-order valence-electron chi connectivity index (χ2n) is 5.45. The smallest absolute Gasteiger partial charge is 0.434 e. The largest absolute Gasteiger partial charge is 0.508 e. The zero-order chi connectivity index (χ0) is 16.5. The van der Waals surface area contributed by atoms with Crippen LogP contribution < -0.4 is 0 Å². The van der Waals surface area contributed by atoms with Crippen LogP contribution in [0.2, 0.25) is 0 Å². The van der Waals surface area contributed by atoms with Crippen LogP contribution in [0.5, 0.6) is 0 Å². The van der Waals surface area contributed by atoms with E-state index in [0.717, 1.165) is 37.0 Å². The summed E-state index contributed by atoms with van der Waals surface area (Å²) in [6.07, 6.45) is 0.227. The normalized spacial score (nSPS) is 10.9. The molecule has 0 spiro atoms. The molecule has 0 amide bonds. The van der Waals surface area contributed by atoms with Gasteiger partial charge < -0.3 is 14.4 Å². The van der Waals surface area contributed by atoms with E-state index < -0.39 is 6.16 Å². The Labute approximate surface area is 138 Å². The molecule has 0 radical (unpaired) electrons. The molecule has 124 valence electrons. The van der Waals surface area contributed by atoms with Crippen molar-refractivity contribution in [1.29, 1.82) is 0 Å². The van der Waals surface area contributed by atoms with Crippen LogP contribution in [0.15, 0.2) is 42.5 Å². The van der Waals surface area contributed by atoms with Crippen molar-refractivity contribution >= 4 is 16.9 Å². The van der Waals surface area contributed by atoms with Crippen molar-refractivity contribution in [3.8, 4) is 0 Å². The van der Waals surface area contributed by atoms with Crippen LogP contribution >= 0.6 is 0 Å². The number of fused-ring (bicyclic) bond motifs is 1. The van der Waals surface area contributed by atoms with Gasteiger partial charge in [0, 0.05) is 6.54 Å². The van der Waals surface area contributed by atoms with E-state index in [0.29, 0.717) is 6.61 Å². The van der Waals surface area contributed by atoms with Crippen molar-refractivity contribution in [2.45, 2.75) is 26.9 Å². The average Bonchev–Trinajstić information content (AvgIpc) is 2.60. The minimum atomic E-state index is -0.599. The highest BCUT2D eigenvalue weighted by Gasteiger charge is 2.06. The fourth-order valence-corrected chi connectivity index (χ4v) is 2.50. The van der Waals surface area contributed by atoms with Crippen molar-refractivity contribution in [2.24, 2.45) is 0 Å². The van der Waals surface area contributed by atoms with Gasteiger partial charge in [0.1, 0.15) is 6.61 Å². The molecule has 0 bridgehead atoms. The van der Waals surface area contributed by atoms with E-state index in [4.69, 9.17) is 9.47 Å². The first-order valence-electron chi connectivity index (χ1n) is 8.22. The minimum absolute atomic E-state index is 0.236. The van der Waals surface area contributed by atoms with Crippen LogP contribution in [-0.2, 0) is 16.1 Å². The molecule has 2 aromatic rings. The van der Waals surface area contributed by atoms with Crippen LogP contribution in [-0.4, -0.2) is 37.3 Å². The van der Waals surface area contributed by atoms with E-state index >= 15 is 0 Å². The van der Waals surface area contributed by atoms with E-state index in [-0.39, 0.29) is 6.61 Å². The van der Waals surface area contributed by atoms with Gasteiger partial charge in [0.25, 0.3) is 0 Å². The summed E-state index contributed by atoms with van der Waals surface area (Å²) in [5.41, 5.74) is 0.962. The number of hydrogen-bond donors (Lipinski definition) is 0. The first-order valence-corrected chi connectivity index (χ1v) is 8.22. The summed E-state index contributed by atoms with van der Waals surface area (Å²) in [7, 11) is 0. The number of rotatable bonds is 8. The van der Waals surface area contributed by atoms with Gasteiger partial charge in [-0.05, 0) is 41.9 Å². The molecule has 0 unspecified atom stereocenters. The summed E-state index contributed by atoms with van der Waals surface area (Å²) in [5.74, 6) is 0. The van der Waals surface area contributed by atoms with Crippen LogP contribution in [0, 0.1) is 0 Å². The van der Waals surface area contributed by atoms with Gasteiger partial charge in [-0.3, -0.25) is 0 Å². The third-order valence-corrected chi connectivity index (χ3v) is 3.90. The van der Waals surface area contributed by atoms with Crippen LogP contribution in [0.3, 0.4) is 0 Å². The number of hydrogen-bond acceptors (Lipinski definition) is 4. The fourth-order valence-electron chi connectivity index (χ4n) is 2.50. The molecule has 0 aliphatic heterocycles. The lowest BCUT2D eigenvalue weighted by atomic mass is 10.1. The summed E-state index contributed by atoms with van der Waals surface area (Å²) < 4.78 is 10.3. The van der Waals surface area contributed by atoms with E-state index in [1.807, 2.05) is 36.4 Å². The SMILES string of the molecule is CCN(CC)CCCOC(=O)OCc1ccc2ccccc2c1. The van der Waals surface area contributed by atoms with Crippen molar-refractivity contribution in [2.75, 3.05) is 26.2 Å². The van der Waals surface area contributed by atoms with Crippen molar-refractivity contribution in [3.05, 3.63) is 48.0 Å². The maximum atomic E-state index is 11.6. The van der Waals surface area contributed by atoms with Crippen LogP contribution in [0.4, 0.5) is 4.79 Å². The summed E-state index contributed by atoms with van der Waals surface area (Å²) in [6, 6.07) is 14.1. The van der Waals surface area contributed by atoms with Gasteiger partial charge in [0.15, 0.2) is 0 Å². The van der Waals surface area contributed by atoms with Crippen molar-refractivity contribution in [3.63, 3.8) is 0 Å². The van der Waals surface area contributed by atoms with Gasteiger partial charge in [-0.25, -0.2) is 4.79 Å². The van der Waals surface area contributed by atoms with Crippen molar-refractivity contribution in [1.82, 2.24) is 4.90 Å². The van der Waals surface area contributed by atoms with Crippen LogP contribution in [0.1, 0.15) is 25.8 Å². The molecule has 0 aliphatic rings. The Balaban J connectivity index is 1.71. The Morgan fingerprint density at radius 3 is 2.48 bits per heavy atom. The zero-order valence-corrected chi connectivity index (χ0v) is 14.0. The minimum Gasteiger partial charge on any atom is -0.434 e. The number of carbonyl (C=O) groups excluding carboxylic acids is 1. The number of carbonyl (C=O) groups is 1. The first-order chi connectivity index (χ1) is 11.2. The van der Waals surface area contributed by atoms with Gasteiger partial charge in [0.05, 0.1) is 6.61 Å². The molecule has 0 fully saturated rings. The fraction of sp³-hybridized carbons (Fsp3) is 0.421. The lowest BCUT2D eigenvalue weighted by molar-refractivity contribution is 0.0474. The topological polar surface area (TPSA) is 38.8 Å². The van der Waals surface area contributed by atoms with Gasteiger partial charge in [-0.2, -0.15) is 0 Å². The Bertz CT molecular complexity index is 623. The van der Waals surface area contributed by atoms with E-state index in [1.54, 1.807) is 0 Å². The standard InChI is InChI=1S/C19H25NO3/c1-3-20(4-2)12-7-13-22-19(21)23-15-16-10-11-17-8-5-6-9-18(17)14-16/h5-6,8-11,14H,3-4,7,12-13,15H2,1-2H3. The lowest BCUT2D eigenvalue weighted by Gasteiger charge is -2.17. The Morgan fingerprint density at radius 2 is 1.74 bits per heavy atom. The van der Waals surface area contributed by atoms with Gasteiger partial charge in [-0.1, -0.05) is 50.2 Å². The van der Waals surface area contributed by atoms with E-state index in [9.17, 15) is 4.79 Å². The van der Waals surface area contributed by atoms with Gasteiger partial charge in [-0.15, -0.1) is 0 Å². The van der Waals surface area contributed by atoms with Crippen molar-refractivity contribution < 1.29 is 14.3 Å². The summed E-state index contributed by atoms with van der Waals surface area (Å²) >= 11 is 0. The number of nitrogens with zero attached hydrogens (tertiary/aromatic N) is 1. The average molecular weight is 315 g/mol. The van der Waals surface area contributed by atoms with E-state index in [2.05, 4.69) is 24.8 Å². The molecule has 23 heavy (non-hydrogen) atoms. The third-order valence-electron chi connectivity index (χ3n) is 3.90. The van der Waals surface area contributed by atoms with E-state index in [1.165, 1.54) is 5.39 Å². The molecule has 0 heterocycles. The number of benzene rings is 2. The Hall–Kier alpha value is -2.07. The first kappa shape index (κ1) is 17.3. The highest BCUT2D eigenvalue weighted by atomic mass is 16.7. The highest BCUT2D eigenvalue weighted by Crippen LogP contribution is 2.16.